The van der Waals surface area contributed by atoms with Crippen molar-refractivity contribution in [2.75, 3.05) is 13.1 Å². The molecule has 0 bridgehead atoms. The first-order valence-corrected chi connectivity index (χ1v) is 5.09. The molecule has 4 N–H and O–H groups in total. The van der Waals surface area contributed by atoms with Gasteiger partial charge in [-0.2, -0.15) is 0 Å². The number of hydrogen-bond donors (Lipinski definition) is 3. The number of nitrogens with two attached hydrogens (primary N) is 1. The molecule has 0 aliphatic carbocycles. The quantitative estimate of drug-likeness (QED) is 0.467. The number of hydrogen-bond acceptors (Lipinski definition) is 3. The maximum Gasteiger partial charge on any atom is 0.128 e. The summed E-state index contributed by atoms with van der Waals surface area (Å²) < 4.78 is 12.2. The fraction of sp³-hybridized carbons (Fsp3) is 0.636. The van der Waals surface area contributed by atoms with Gasteiger partial charge in [-0.05, 0) is 24.0 Å². The maximum absolute atomic E-state index is 12.2. The summed E-state index contributed by atoms with van der Waals surface area (Å²) in [7, 11) is 0. The molecule has 1 atom stereocenters. The molecule has 0 fully saturated rings. The zero-order valence-electron chi connectivity index (χ0n) is 9.81. The van der Waals surface area contributed by atoms with Crippen molar-refractivity contribution < 1.29 is 4.48 Å². The molecule has 4 heteroatoms. The Morgan fingerprint density at radius 1 is 1.53 bits per heavy atom. The van der Waals surface area contributed by atoms with Gasteiger partial charge >= 0.3 is 0 Å². The number of halogens is 1. The molecule has 0 rings (SSSR count). The van der Waals surface area contributed by atoms with Crippen LogP contribution in [0.2, 0.25) is 0 Å². The highest BCUT2D eigenvalue weighted by atomic mass is 19.2. The summed E-state index contributed by atoms with van der Waals surface area (Å²) in [6.07, 6.45) is 3.06. The van der Waals surface area contributed by atoms with Crippen molar-refractivity contribution in [2.24, 2.45) is 17.1 Å². The van der Waals surface area contributed by atoms with E-state index in [1.54, 1.807) is 5.54 Å². The van der Waals surface area contributed by atoms with Crippen molar-refractivity contribution in [1.82, 2.24) is 10.9 Å². The summed E-state index contributed by atoms with van der Waals surface area (Å²) in [5.41, 5.74) is 7.35. The van der Waals surface area contributed by atoms with Crippen LogP contribution in [0.15, 0.2) is 24.6 Å². The minimum absolute atomic E-state index is 0.108. The highest BCUT2D eigenvalue weighted by Crippen LogP contribution is 2.24. The minimum Gasteiger partial charge on any atom is -0.370 e. The average molecular weight is 215 g/mol. The van der Waals surface area contributed by atoms with Gasteiger partial charge in [0.05, 0.1) is 0 Å². The first kappa shape index (κ1) is 14.0. The normalized spacial score (nSPS) is 14.6. The topological polar surface area (TPSA) is 50.1 Å². The first-order valence-electron chi connectivity index (χ1n) is 5.09. The first-order chi connectivity index (χ1) is 6.95. The Morgan fingerprint density at radius 2 is 2.13 bits per heavy atom. The van der Waals surface area contributed by atoms with Crippen molar-refractivity contribution in [2.45, 2.75) is 20.8 Å². The largest absolute Gasteiger partial charge is 0.370 e. The van der Waals surface area contributed by atoms with Crippen molar-refractivity contribution in [3.8, 4) is 0 Å². The van der Waals surface area contributed by atoms with Crippen LogP contribution in [0, 0.1) is 11.3 Å². The van der Waals surface area contributed by atoms with Gasteiger partial charge < -0.3 is 11.1 Å². The SMILES string of the molecule is C=C/C=C(\NF)NCC(CN)C(C)(C)C. The number of nitrogens with one attached hydrogen (secondary N) is 2. The fourth-order valence-electron chi connectivity index (χ4n) is 1.22. The monoisotopic (exact) mass is 215 g/mol. The van der Waals surface area contributed by atoms with Gasteiger partial charge in [0, 0.05) is 6.54 Å². The van der Waals surface area contributed by atoms with Crippen molar-refractivity contribution in [3.05, 3.63) is 24.6 Å². The van der Waals surface area contributed by atoms with Gasteiger partial charge in [-0.1, -0.05) is 33.4 Å². The van der Waals surface area contributed by atoms with Crippen LogP contribution in [0.1, 0.15) is 20.8 Å². The van der Waals surface area contributed by atoms with Gasteiger partial charge in [0.1, 0.15) is 5.82 Å². The molecule has 0 aromatic carbocycles. The van der Waals surface area contributed by atoms with E-state index in [9.17, 15) is 4.48 Å². The molecule has 88 valence electrons. The van der Waals surface area contributed by atoms with Crippen LogP contribution in [0.25, 0.3) is 0 Å². The van der Waals surface area contributed by atoms with Crippen molar-refractivity contribution in [3.63, 3.8) is 0 Å². The summed E-state index contributed by atoms with van der Waals surface area (Å²) in [4.78, 5) is 0. The van der Waals surface area contributed by atoms with Crippen LogP contribution >= 0.6 is 0 Å². The molecular weight excluding hydrogens is 193 g/mol. The lowest BCUT2D eigenvalue weighted by Gasteiger charge is -2.30. The highest BCUT2D eigenvalue weighted by molar-refractivity contribution is 5.05. The molecule has 3 nitrogen and oxygen atoms in total. The van der Waals surface area contributed by atoms with E-state index < -0.39 is 0 Å². The van der Waals surface area contributed by atoms with Gasteiger partial charge in [-0.15, -0.1) is 4.48 Å². The Bertz CT molecular complexity index is 218. The van der Waals surface area contributed by atoms with Crippen molar-refractivity contribution >= 4 is 0 Å². The zero-order chi connectivity index (χ0) is 11.9. The van der Waals surface area contributed by atoms with E-state index >= 15 is 0 Å². The fourth-order valence-corrected chi connectivity index (χ4v) is 1.22. The van der Waals surface area contributed by atoms with Crippen LogP contribution in [-0.2, 0) is 0 Å². The smallest absolute Gasteiger partial charge is 0.128 e. The third kappa shape index (κ3) is 5.42. The second-order valence-electron chi connectivity index (χ2n) is 4.59. The lowest BCUT2D eigenvalue weighted by atomic mass is 9.81. The van der Waals surface area contributed by atoms with E-state index in [0.717, 1.165) is 0 Å². The minimum atomic E-state index is 0.108. The standard InChI is InChI=1S/C11H22FN3/c1-5-6-10(15-12)14-8-9(7-13)11(2,3)4/h5-6,9,14-15H,1,7-8,13H2,2-4H3/b10-6-. The van der Waals surface area contributed by atoms with Crippen LogP contribution < -0.4 is 16.6 Å². The molecule has 0 aromatic rings. The third-order valence-corrected chi connectivity index (χ3v) is 2.43. The number of rotatable bonds is 6. The molecule has 0 aromatic heterocycles. The lowest BCUT2D eigenvalue weighted by molar-refractivity contribution is 0.238. The summed E-state index contributed by atoms with van der Waals surface area (Å²) >= 11 is 0. The molecular formula is C11H22FN3. The predicted molar refractivity (Wildman–Crippen MR) is 62.5 cm³/mol. The summed E-state index contributed by atoms with van der Waals surface area (Å²) in [6, 6.07) is 0. The van der Waals surface area contributed by atoms with E-state index in [4.69, 9.17) is 5.73 Å². The molecule has 0 heterocycles. The van der Waals surface area contributed by atoms with E-state index in [0.29, 0.717) is 24.8 Å². The predicted octanol–water partition coefficient (Wildman–Crippen LogP) is 1.70. The van der Waals surface area contributed by atoms with E-state index in [1.807, 2.05) is 0 Å². The van der Waals surface area contributed by atoms with E-state index in [2.05, 4.69) is 32.7 Å². The van der Waals surface area contributed by atoms with Crippen LogP contribution in [0.3, 0.4) is 0 Å². The number of allylic oxidation sites excluding steroid dienone is 2. The van der Waals surface area contributed by atoms with E-state index in [1.165, 1.54) is 12.2 Å². The van der Waals surface area contributed by atoms with Crippen molar-refractivity contribution in [1.29, 1.82) is 0 Å². The van der Waals surface area contributed by atoms with Crippen LogP contribution in [0.4, 0.5) is 4.48 Å². The van der Waals surface area contributed by atoms with Crippen LogP contribution in [-0.4, -0.2) is 13.1 Å². The molecule has 1 unspecified atom stereocenters. The summed E-state index contributed by atoms with van der Waals surface area (Å²) in [5, 5.41) is 2.95. The molecule has 0 saturated carbocycles. The Balaban J connectivity index is 4.22. The molecule has 15 heavy (non-hydrogen) atoms. The summed E-state index contributed by atoms with van der Waals surface area (Å²) in [5.74, 6) is 0.603. The van der Waals surface area contributed by atoms with Gasteiger partial charge in [-0.3, -0.25) is 0 Å². The molecule has 0 radical (unpaired) electrons. The molecule has 0 amide bonds. The second kappa shape index (κ2) is 6.45. The van der Waals surface area contributed by atoms with Gasteiger partial charge in [-0.25, -0.2) is 5.54 Å². The molecule has 0 aliphatic heterocycles. The molecule has 0 saturated heterocycles. The Kier molecular flexibility index (Phi) is 6.01. The van der Waals surface area contributed by atoms with E-state index in [-0.39, 0.29) is 5.41 Å². The Morgan fingerprint density at radius 3 is 2.47 bits per heavy atom. The Hall–Kier alpha value is -1.03. The van der Waals surface area contributed by atoms with Crippen LogP contribution in [0.5, 0.6) is 0 Å². The van der Waals surface area contributed by atoms with Gasteiger partial charge in [0.15, 0.2) is 0 Å². The molecule has 0 aliphatic rings. The van der Waals surface area contributed by atoms with Gasteiger partial charge in [0.25, 0.3) is 0 Å². The Labute approximate surface area is 91.5 Å². The zero-order valence-corrected chi connectivity index (χ0v) is 9.81. The maximum atomic E-state index is 12.2. The highest BCUT2D eigenvalue weighted by Gasteiger charge is 2.22. The lowest BCUT2D eigenvalue weighted by Crippen LogP contribution is -2.38. The third-order valence-electron chi connectivity index (χ3n) is 2.43. The molecule has 0 spiro atoms. The average Bonchev–Trinajstić information content (AvgIpc) is 2.15. The second-order valence-corrected chi connectivity index (χ2v) is 4.59. The van der Waals surface area contributed by atoms with Gasteiger partial charge in [0.2, 0.25) is 0 Å². The summed E-state index contributed by atoms with van der Waals surface area (Å²) in [6.45, 7) is 11.1.